The van der Waals surface area contributed by atoms with Crippen LogP contribution in [0.3, 0.4) is 0 Å². The summed E-state index contributed by atoms with van der Waals surface area (Å²) in [5.74, 6) is 2.42. The van der Waals surface area contributed by atoms with E-state index in [1.807, 2.05) is 53.2 Å². The lowest BCUT2D eigenvalue weighted by molar-refractivity contribution is 0.415. The van der Waals surface area contributed by atoms with Gasteiger partial charge in [0.1, 0.15) is 11.4 Å². The van der Waals surface area contributed by atoms with Gasteiger partial charge in [-0.3, -0.25) is 0 Å². The minimum Gasteiger partial charge on any atom is -0.497 e. The van der Waals surface area contributed by atoms with Gasteiger partial charge < -0.3 is 13.7 Å². The molecule has 3 heterocycles. The van der Waals surface area contributed by atoms with Gasteiger partial charge in [-0.2, -0.15) is 0 Å². The Labute approximate surface area is 178 Å². The Balaban J connectivity index is 1.57. The highest BCUT2D eigenvalue weighted by atomic mass is 35.5. The molecule has 0 radical (unpaired) electrons. The molecular formula is C21H22ClN5OS. The maximum atomic E-state index is 6.07. The number of rotatable bonds is 8. The zero-order chi connectivity index (χ0) is 20.2. The molecule has 4 aromatic rings. The molecule has 0 unspecified atom stereocenters. The summed E-state index contributed by atoms with van der Waals surface area (Å²) in [5, 5.41) is 10.5. The van der Waals surface area contributed by atoms with Crippen molar-refractivity contribution in [2.45, 2.75) is 37.2 Å². The van der Waals surface area contributed by atoms with Gasteiger partial charge in [-0.15, -0.1) is 10.2 Å². The SMILES string of the molecule is CCCCn1c(SCc2cn3cc(Cl)ccc3n2)nnc1-c1ccc(OC)cc1. The molecule has 0 N–H and O–H groups in total. The number of hydrogen-bond donors (Lipinski definition) is 0. The maximum absolute atomic E-state index is 6.07. The molecule has 29 heavy (non-hydrogen) atoms. The van der Waals surface area contributed by atoms with Gasteiger partial charge in [0.05, 0.1) is 17.8 Å². The predicted octanol–water partition coefficient (Wildman–Crippen LogP) is 5.35. The van der Waals surface area contributed by atoms with Crippen LogP contribution in [0.1, 0.15) is 25.5 Å². The average molecular weight is 428 g/mol. The van der Waals surface area contributed by atoms with Crippen molar-refractivity contribution < 1.29 is 4.74 Å². The number of methoxy groups -OCH3 is 1. The van der Waals surface area contributed by atoms with Gasteiger partial charge in [-0.05, 0) is 42.8 Å². The lowest BCUT2D eigenvalue weighted by atomic mass is 10.2. The summed E-state index contributed by atoms with van der Waals surface area (Å²) < 4.78 is 9.41. The Bertz CT molecular complexity index is 1110. The van der Waals surface area contributed by atoms with Crippen molar-refractivity contribution in [2.24, 2.45) is 0 Å². The fraction of sp³-hybridized carbons (Fsp3) is 0.286. The fourth-order valence-corrected chi connectivity index (χ4v) is 4.11. The van der Waals surface area contributed by atoms with Crippen molar-refractivity contribution in [3.63, 3.8) is 0 Å². The highest BCUT2D eigenvalue weighted by Gasteiger charge is 2.15. The number of fused-ring (bicyclic) bond motifs is 1. The van der Waals surface area contributed by atoms with Crippen LogP contribution in [0.2, 0.25) is 5.02 Å². The molecule has 1 aromatic carbocycles. The Morgan fingerprint density at radius 3 is 2.66 bits per heavy atom. The first-order chi connectivity index (χ1) is 14.2. The van der Waals surface area contributed by atoms with Crippen LogP contribution in [0.25, 0.3) is 17.0 Å². The minimum atomic E-state index is 0.692. The highest BCUT2D eigenvalue weighted by Crippen LogP contribution is 2.28. The second-order valence-electron chi connectivity index (χ2n) is 6.67. The second-order valence-corrected chi connectivity index (χ2v) is 8.05. The smallest absolute Gasteiger partial charge is 0.191 e. The average Bonchev–Trinajstić information content (AvgIpc) is 3.33. The van der Waals surface area contributed by atoms with E-state index in [4.69, 9.17) is 16.3 Å². The molecule has 3 aromatic heterocycles. The molecule has 0 amide bonds. The zero-order valence-electron chi connectivity index (χ0n) is 16.4. The minimum absolute atomic E-state index is 0.692. The van der Waals surface area contributed by atoms with Gasteiger partial charge in [0.15, 0.2) is 11.0 Å². The van der Waals surface area contributed by atoms with Crippen LogP contribution in [-0.2, 0) is 12.3 Å². The summed E-state index contributed by atoms with van der Waals surface area (Å²) in [4.78, 5) is 4.66. The van der Waals surface area contributed by atoms with Crippen molar-refractivity contribution in [3.8, 4) is 17.1 Å². The van der Waals surface area contributed by atoms with E-state index in [1.165, 1.54) is 0 Å². The summed E-state index contributed by atoms with van der Waals surface area (Å²) in [5.41, 5.74) is 2.90. The van der Waals surface area contributed by atoms with Crippen LogP contribution in [-0.4, -0.2) is 31.3 Å². The number of ether oxygens (including phenoxy) is 1. The van der Waals surface area contributed by atoms with Crippen LogP contribution < -0.4 is 4.74 Å². The molecule has 0 spiro atoms. The third kappa shape index (κ3) is 4.41. The monoisotopic (exact) mass is 427 g/mol. The Kier molecular flexibility index (Phi) is 6.06. The molecule has 0 fully saturated rings. The third-order valence-corrected chi connectivity index (χ3v) is 5.84. The predicted molar refractivity (Wildman–Crippen MR) is 117 cm³/mol. The molecule has 0 atom stereocenters. The largest absolute Gasteiger partial charge is 0.497 e. The topological polar surface area (TPSA) is 57.2 Å². The summed E-state index contributed by atoms with van der Waals surface area (Å²) in [7, 11) is 1.67. The first kappa shape index (κ1) is 19.8. The van der Waals surface area contributed by atoms with Crippen LogP contribution in [0.5, 0.6) is 5.75 Å². The standard InChI is InChI=1S/C21H22ClN5OS/c1-3-4-11-27-20(15-5-8-18(28-2)9-6-15)24-25-21(27)29-14-17-13-26-12-16(22)7-10-19(26)23-17/h5-10,12-13H,3-4,11,14H2,1-2H3. The lowest BCUT2D eigenvalue weighted by Crippen LogP contribution is -2.02. The van der Waals surface area contributed by atoms with Crippen molar-refractivity contribution in [2.75, 3.05) is 7.11 Å². The van der Waals surface area contributed by atoms with Gasteiger partial charge in [0, 0.05) is 30.3 Å². The molecular weight excluding hydrogens is 406 g/mol. The molecule has 0 aliphatic rings. The molecule has 0 saturated heterocycles. The maximum Gasteiger partial charge on any atom is 0.191 e. The van der Waals surface area contributed by atoms with Crippen molar-refractivity contribution in [1.82, 2.24) is 24.1 Å². The molecule has 0 aliphatic heterocycles. The number of nitrogens with zero attached hydrogens (tertiary/aromatic N) is 5. The Morgan fingerprint density at radius 2 is 1.90 bits per heavy atom. The first-order valence-corrected chi connectivity index (χ1v) is 10.9. The van der Waals surface area contributed by atoms with Gasteiger partial charge in [-0.25, -0.2) is 4.98 Å². The van der Waals surface area contributed by atoms with E-state index in [0.717, 1.165) is 53.0 Å². The molecule has 0 aliphatic carbocycles. The number of thioether (sulfide) groups is 1. The summed E-state index contributed by atoms with van der Waals surface area (Å²) in [6.45, 7) is 3.07. The number of halogens is 1. The second kappa shape index (κ2) is 8.88. The van der Waals surface area contributed by atoms with Gasteiger partial charge >= 0.3 is 0 Å². The van der Waals surface area contributed by atoms with Crippen LogP contribution in [0, 0.1) is 0 Å². The quantitative estimate of drug-likeness (QED) is 0.355. The molecule has 150 valence electrons. The Morgan fingerprint density at radius 1 is 1.07 bits per heavy atom. The van der Waals surface area contributed by atoms with E-state index in [1.54, 1.807) is 18.9 Å². The lowest BCUT2D eigenvalue weighted by Gasteiger charge is -2.09. The fourth-order valence-electron chi connectivity index (χ4n) is 3.09. The van der Waals surface area contributed by atoms with Crippen molar-refractivity contribution in [3.05, 3.63) is 59.5 Å². The number of unbranched alkanes of at least 4 members (excludes halogenated alkanes) is 1. The van der Waals surface area contributed by atoms with Crippen molar-refractivity contribution >= 4 is 29.0 Å². The molecule has 0 bridgehead atoms. The Hall–Kier alpha value is -2.51. The molecule has 6 nitrogen and oxygen atoms in total. The number of imidazole rings is 1. The highest BCUT2D eigenvalue weighted by molar-refractivity contribution is 7.98. The summed E-state index contributed by atoms with van der Waals surface area (Å²) in [6.07, 6.45) is 6.05. The summed E-state index contributed by atoms with van der Waals surface area (Å²) >= 11 is 7.72. The van der Waals surface area contributed by atoms with E-state index in [0.29, 0.717) is 10.8 Å². The van der Waals surface area contributed by atoms with Crippen molar-refractivity contribution in [1.29, 1.82) is 0 Å². The van der Waals surface area contributed by atoms with E-state index in [9.17, 15) is 0 Å². The number of pyridine rings is 1. The first-order valence-electron chi connectivity index (χ1n) is 9.51. The van der Waals surface area contributed by atoms with Crippen LogP contribution in [0.15, 0.2) is 53.9 Å². The third-order valence-electron chi connectivity index (χ3n) is 4.61. The number of benzene rings is 1. The van der Waals surface area contributed by atoms with E-state index < -0.39 is 0 Å². The number of hydrogen-bond acceptors (Lipinski definition) is 5. The normalized spacial score (nSPS) is 11.3. The molecule has 8 heteroatoms. The van der Waals surface area contributed by atoms with Gasteiger partial charge in [-0.1, -0.05) is 36.7 Å². The van der Waals surface area contributed by atoms with Crippen LogP contribution >= 0.6 is 23.4 Å². The zero-order valence-corrected chi connectivity index (χ0v) is 18.0. The van der Waals surface area contributed by atoms with Gasteiger partial charge in [0.25, 0.3) is 0 Å². The summed E-state index contributed by atoms with van der Waals surface area (Å²) in [6, 6.07) is 11.7. The van der Waals surface area contributed by atoms with Crippen LogP contribution in [0.4, 0.5) is 0 Å². The molecule has 4 rings (SSSR count). The van der Waals surface area contributed by atoms with E-state index in [2.05, 4.69) is 26.7 Å². The van der Waals surface area contributed by atoms with E-state index >= 15 is 0 Å². The van der Waals surface area contributed by atoms with E-state index in [-0.39, 0.29) is 0 Å². The van der Waals surface area contributed by atoms with Gasteiger partial charge in [0.2, 0.25) is 0 Å². The molecule has 0 saturated carbocycles. The number of aromatic nitrogens is 5.